The molecule has 0 nitrogen and oxygen atoms in total. The summed E-state index contributed by atoms with van der Waals surface area (Å²) in [4.78, 5) is 0. The first-order chi connectivity index (χ1) is 7.92. The van der Waals surface area contributed by atoms with Crippen LogP contribution in [0.15, 0.2) is 0 Å². The maximum absolute atomic E-state index is 2.67. The predicted octanol–water partition coefficient (Wildman–Crippen LogP) is 5.38. The average molecular weight is 221 g/mol. The first kappa shape index (κ1) is 12.5. The Kier molecular flexibility index (Phi) is 5.19. The third-order valence-electron chi connectivity index (χ3n) is 4.90. The van der Waals surface area contributed by atoms with Gasteiger partial charge in [-0.15, -0.1) is 0 Å². The summed E-state index contributed by atoms with van der Waals surface area (Å²) >= 11 is 0. The lowest BCUT2D eigenvalue weighted by atomic mass is 9.68. The van der Waals surface area contributed by atoms with E-state index in [2.05, 4.69) is 13.3 Å². The Morgan fingerprint density at radius 2 is 1.25 bits per heavy atom. The fourth-order valence-corrected chi connectivity index (χ4v) is 4.08. The average Bonchev–Trinajstić information content (AvgIpc) is 2.38. The van der Waals surface area contributed by atoms with Crippen LogP contribution >= 0.6 is 0 Å². The zero-order chi connectivity index (χ0) is 11.2. The molecule has 0 aromatic rings. The molecule has 2 aliphatic carbocycles. The van der Waals surface area contributed by atoms with Gasteiger partial charge in [-0.25, -0.2) is 0 Å². The summed E-state index contributed by atoms with van der Waals surface area (Å²) < 4.78 is 0. The van der Waals surface area contributed by atoms with E-state index in [0.29, 0.717) is 0 Å². The van der Waals surface area contributed by atoms with E-state index in [1.807, 2.05) is 0 Å². The second-order valence-electron chi connectivity index (χ2n) is 6.02. The molecule has 0 atom stereocenters. The molecule has 0 aromatic carbocycles. The van der Waals surface area contributed by atoms with Gasteiger partial charge in [-0.3, -0.25) is 0 Å². The van der Waals surface area contributed by atoms with Crippen molar-refractivity contribution in [2.24, 2.45) is 17.8 Å². The normalized spacial score (nSPS) is 25.1. The van der Waals surface area contributed by atoms with Crippen LogP contribution in [0.5, 0.6) is 0 Å². The minimum absolute atomic E-state index is 0.977. The molecule has 0 spiro atoms. The topological polar surface area (TPSA) is 0 Å². The highest BCUT2D eigenvalue weighted by Crippen LogP contribution is 2.41. The third kappa shape index (κ3) is 3.25. The quantitative estimate of drug-likeness (QED) is 0.598. The number of rotatable bonds is 4. The minimum atomic E-state index is 0.977. The fraction of sp³-hybridized carbons (Fsp3) is 0.938. The van der Waals surface area contributed by atoms with Crippen LogP contribution in [-0.4, -0.2) is 0 Å². The molecule has 0 heterocycles. The van der Waals surface area contributed by atoms with Crippen LogP contribution in [-0.2, 0) is 0 Å². The molecule has 0 N–H and O–H groups in total. The van der Waals surface area contributed by atoms with Crippen molar-refractivity contribution in [2.75, 3.05) is 0 Å². The molecule has 1 radical (unpaired) electrons. The molecule has 2 rings (SSSR count). The molecule has 0 aliphatic heterocycles. The summed E-state index contributed by atoms with van der Waals surface area (Å²) in [5.41, 5.74) is 0. The Bertz CT molecular complexity index is 154. The maximum Gasteiger partial charge on any atom is -0.0326 e. The van der Waals surface area contributed by atoms with Gasteiger partial charge in [0.2, 0.25) is 0 Å². The Morgan fingerprint density at radius 1 is 0.812 bits per heavy atom. The largest absolute Gasteiger partial charge is 0.0651 e. The van der Waals surface area contributed by atoms with Gasteiger partial charge in [0.15, 0.2) is 0 Å². The molecule has 0 unspecified atom stereocenters. The third-order valence-corrected chi connectivity index (χ3v) is 4.90. The molecule has 0 heteroatoms. The molecular formula is C16H29. The van der Waals surface area contributed by atoms with Gasteiger partial charge in [-0.1, -0.05) is 77.6 Å². The van der Waals surface area contributed by atoms with Gasteiger partial charge < -0.3 is 0 Å². The molecular weight excluding hydrogens is 192 g/mol. The highest BCUT2D eigenvalue weighted by Gasteiger charge is 2.30. The minimum Gasteiger partial charge on any atom is -0.0651 e. The molecule has 0 bridgehead atoms. The fourth-order valence-electron chi connectivity index (χ4n) is 4.08. The maximum atomic E-state index is 2.67. The van der Waals surface area contributed by atoms with E-state index in [0.717, 1.165) is 17.8 Å². The summed E-state index contributed by atoms with van der Waals surface area (Å²) in [6.45, 7) is 2.33. The van der Waals surface area contributed by atoms with E-state index in [9.17, 15) is 0 Å². The van der Waals surface area contributed by atoms with Crippen molar-refractivity contribution >= 4 is 0 Å². The predicted molar refractivity (Wildman–Crippen MR) is 71.2 cm³/mol. The van der Waals surface area contributed by atoms with Gasteiger partial charge >= 0.3 is 0 Å². The summed E-state index contributed by atoms with van der Waals surface area (Å²) in [6, 6.07) is 0. The van der Waals surface area contributed by atoms with Crippen LogP contribution < -0.4 is 0 Å². The highest BCUT2D eigenvalue weighted by atomic mass is 14.4. The van der Waals surface area contributed by atoms with Crippen LogP contribution in [0.25, 0.3) is 0 Å². The standard InChI is InChI=1S/C16H29/c1-2-9-16(14-10-5-3-6-11-14)15-12-7-4-8-13-15/h9,14-16H,2-8,10-13H2,1H3. The Morgan fingerprint density at radius 3 is 1.62 bits per heavy atom. The molecule has 0 amide bonds. The van der Waals surface area contributed by atoms with Gasteiger partial charge in [0, 0.05) is 0 Å². The Labute approximate surface area is 102 Å². The molecule has 0 aromatic heterocycles. The molecule has 2 aliphatic rings. The smallest absolute Gasteiger partial charge is 0.0326 e. The lowest BCUT2D eigenvalue weighted by Crippen LogP contribution is -2.27. The van der Waals surface area contributed by atoms with Crippen molar-refractivity contribution in [2.45, 2.75) is 77.6 Å². The van der Waals surface area contributed by atoms with E-state index in [4.69, 9.17) is 0 Å². The summed E-state index contributed by atoms with van der Waals surface area (Å²) in [7, 11) is 0. The molecule has 0 saturated heterocycles. The first-order valence-electron chi connectivity index (χ1n) is 7.75. The zero-order valence-corrected chi connectivity index (χ0v) is 11.1. The molecule has 16 heavy (non-hydrogen) atoms. The van der Waals surface area contributed by atoms with Gasteiger partial charge in [-0.05, 0) is 24.2 Å². The van der Waals surface area contributed by atoms with Crippen molar-refractivity contribution in [1.29, 1.82) is 0 Å². The Balaban J connectivity index is 1.91. The lowest BCUT2D eigenvalue weighted by molar-refractivity contribution is 0.166. The second kappa shape index (κ2) is 6.67. The molecule has 93 valence electrons. The second-order valence-corrected chi connectivity index (χ2v) is 6.02. The van der Waals surface area contributed by atoms with E-state index >= 15 is 0 Å². The summed E-state index contributed by atoms with van der Waals surface area (Å²) in [6.07, 6.45) is 19.1. The van der Waals surface area contributed by atoms with Crippen molar-refractivity contribution in [1.82, 2.24) is 0 Å². The van der Waals surface area contributed by atoms with Crippen LogP contribution in [0.1, 0.15) is 77.6 Å². The van der Waals surface area contributed by atoms with Crippen molar-refractivity contribution in [3.8, 4) is 0 Å². The number of hydrogen-bond donors (Lipinski definition) is 0. The van der Waals surface area contributed by atoms with Gasteiger partial charge in [0.1, 0.15) is 0 Å². The molecule has 2 fully saturated rings. The lowest BCUT2D eigenvalue weighted by Gasteiger charge is -2.37. The van der Waals surface area contributed by atoms with Gasteiger partial charge in [0.05, 0.1) is 0 Å². The van der Waals surface area contributed by atoms with E-state index < -0.39 is 0 Å². The van der Waals surface area contributed by atoms with Crippen LogP contribution in [0, 0.1) is 24.2 Å². The van der Waals surface area contributed by atoms with Gasteiger partial charge in [0.25, 0.3) is 0 Å². The van der Waals surface area contributed by atoms with Crippen molar-refractivity contribution in [3.05, 3.63) is 6.42 Å². The zero-order valence-electron chi connectivity index (χ0n) is 11.1. The SMILES string of the molecule is CC[CH]C(C1CCCCC1)C1CCCCC1. The Hall–Kier alpha value is 0. The van der Waals surface area contributed by atoms with Gasteiger partial charge in [-0.2, -0.15) is 0 Å². The summed E-state index contributed by atoms with van der Waals surface area (Å²) in [5.74, 6) is 3.08. The van der Waals surface area contributed by atoms with E-state index in [-0.39, 0.29) is 0 Å². The van der Waals surface area contributed by atoms with Crippen LogP contribution in [0.3, 0.4) is 0 Å². The van der Waals surface area contributed by atoms with Crippen molar-refractivity contribution in [3.63, 3.8) is 0 Å². The number of hydrogen-bond acceptors (Lipinski definition) is 0. The van der Waals surface area contributed by atoms with Crippen molar-refractivity contribution < 1.29 is 0 Å². The highest BCUT2D eigenvalue weighted by molar-refractivity contribution is 4.89. The van der Waals surface area contributed by atoms with E-state index in [1.165, 1.54) is 70.6 Å². The van der Waals surface area contributed by atoms with Crippen LogP contribution in [0.2, 0.25) is 0 Å². The van der Waals surface area contributed by atoms with E-state index in [1.54, 1.807) is 0 Å². The molecule has 2 saturated carbocycles. The summed E-state index contributed by atoms with van der Waals surface area (Å²) in [5, 5.41) is 0. The monoisotopic (exact) mass is 221 g/mol. The first-order valence-corrected chi connectivity index (χ1v) is 7.75. The van der Waals surface area contributed by atoms with Crippen LogP contribution in [0.4, 0.5) is 0 Å².